The van der Waals surface area contributed by atoms with E-state index in [0.29, 0.717) is 23.7 Å². The van der Waals surface area contributed by atoms with Gasteiger partial charge in [-0.05, 0) is 43.7 Å². The molecule has 0 heterocycles. The van der Waals surface area contributed by atoms with E-state index in [-0.39, 0.29) is 11.8 Å². The van der Waals surface area contributed by atoms with Crippen LogP contribution in [0.25, 0.3) is 0 Å². The van der Waals surface area contributed by atoms with Gasteiger partial charge in [-0.3, -0.25) is 4.79 Å². The average molecular weight is 260 g/mol. The van der Waals surface area contributed by atoms with Crippen LogP contribution in [-0.4, -0.2) is 18.7 Å². The SMILES string of the molecule is Nc1ccccc1C(=O)NCC1CCC(C=O)CC1. The fourth-order valence-electron chi connectivity index (χ4n) is 2.56. The van der Waals surface area contributed by atoms with Crippen molar-refractivity contribution in [3.63, 3.8) is 0 Å². The molecule has 1 aliphatic rings. The van der Waals surface area contributed by atoms with Crippen molar-refractivity contribution < 1.29 is 9.59 Å². The van der Waals surface area contributed by atoms with Crippen LogP contribution in [0.4, 0.5) is 5.69 Å². The van der Waals surface area contributed by atoms with Gasteiger partial charge in [-0.1, -0.05) is 12.1 Å². The van der Waals surface area contributed by atoms with Crippen molar-refractivity contribution in [1.29, 1.82) is 0 Å². The number of aldehydes is 1. The van der Waals surface area contributed by atoms with Gasteiger partial charge in [0.1, 0.15) is 6.29 Å². The maximum absolute atomic E-state index is 12.0. The second kappa shape index (κ2) is 6.36. The molecule has 0 radical (unpaired) electrons. The van der Waals surface area contributed by atoms with Crippen LogP contribution in [0.3, 0.4) is 0 Å². The fourth-order valence-corrected chi connectivity index (χ4v) is 2.56. The van der Waals surface area contributed by atoms with Crippen LogP contribution in [0.2, 0.25) is 0 Å². The van der Waals surface area contributed by atoms with E-state index in [1.54, 1.807) is 18.2 Å². The highest BCUT2D eigenvalue weighted by molar-refractivity contribution is 5.99. The van der Waals surface area contributed by atoms with Crippen LogP contribution >= 0.6 is 0 Å². The number of anilines is 1. The monoisotopic (exact) mass is 260 g/mol. The molecule has 4 heteroatoms. The topological polar surface area (TPSA) is 72.2 Å². The van der Waals surface area contributed by atoms with Crippen molar-refractivity contribution in [3.05, 3.63) is 29.8 Å². The summed E-state index contributed by atoms with van der Waals surface area (Å²) in [6, 6.07) is 7.07. The van der Waals surface area contributed by atoms with E-state index in [0.717, 1.165) is 32.0 Å². The number of amides is 1. The van der Waals surface area contributed by atoms with E-state index in [1.165, 1.54) is 0 Å². The number of para-hydroxylation sites is 1. The lowest BCUT2D eigenvalue weighted by Crippen LogP contribution is -2.31. The largest absolute Gasteiger partial charge is 0.398 e. The molecule has 0 unspecified atom stereocenters. The number of nitrogens with one attached hydrogen (secondary N) is 1. The second-order valence-corrected chi connectivity index (χ2v) is 5.21. The maximum Gasteiger partial charge on any atom is 0.253 e. The minimum absolute atomic E-state index is 0.115. The van der Waals surface area contributed by atoms with E-state index in [2.05, 4.69) is 5.32 Å². The Labute approximate surface area is 113 Å². The quantitative estimate of drug-likeness (QED) is 0.642. The molecule has 3 N–H and O–H groups in total. The number of hydrogen-bond acceptors (Lipinski definition) is 3. The smallest absolute Gasteiger partial charge is 0.253 e. The van der Waals surface area contributed by atoms with E-state index in [9.17, 15) is 9.59 Å². The van der Waals surface area contributed by atoms with Gasteiger partial charge in [0.15, 0.2) is 0 Å². The van der Waals surface area contributed by atoms with Crippen molar-refractivity contribution in [2.45, 2.75) is 25.7 Å². The van der Waals surface area contributed by atoms with Crippen molar-refractivity contribution >= 4 is 17.9 Å². The summed E-state index contributed by atoms with van der Waals surface area (Å²) in [4.78, 5) is 22.7. The van der Waals surface area contributed by atoms with Gasteiger partial charge in [-0.25, -0.2) is 0 Å². The molecular weight excluding hydrogens is 240 g/mol. The molecule has 1 aromatic rings. The molecule has 1 amide bonds. The average Bonchev–Trinajstić information content (AvgIpc) is 2.46. The molecule has 1 saturated carbocycles. The van der Waals surface area contributed by atoms with Crippen LogP contribution in [0.5, 0.6) is 0 Å². The third-order valence-electron chi connectivity index (χ3n) is 3.84. The molecule has 4 nitrogen and oxygen atoms in total. The molecule has 2 rings (SSSR count). The molecule has 1 fully saturated rings. The molecular formula is C15H20N2O2. The highest BCUT2D eigenvalue weighted by atomic mass is 16.1. The summed E-state index contributed by atoms with van der Waals surface area (Å²) in [6.45, 7) is 0.665. The Kier molecular flexibility index (Phi) is 4.55. The third kappa shape index (κ3) is 3.56. The Morgan fingerprint density at radius 2 is 1.95 bits per heavy atom. The standard InChI is InChI=1S/C15H20N2O2/c16-14-4-2-1-3-13(14)15(19)17-9-11-5-7-12(10-18)8-6-11/h1-4,10-12H,5-9,16H2,(H,17,19). The second-order valence-electron chi connectivity index (χ2n) is 5.21. The molecule has 0 bridgehead atoms. The molecule has 0 saturated heterocycles. The van der Waals surface area contributed by atoms with Gasteiger partial charge in [0.25, 0.3) is 5.91 Å². The fraction of sp³-hybridized carbons (Fsp3) is 0.467. The lowest BCUT2D eigenvalue weighted by atomic mass is 9.83. The van der Waals surface area contributed by atoms with Gasteiger partial charge in [0.05, 0.1) is 5.56 Å². The number of hydrogen-bond donors (Lipinski definition) is 2. The van der Waals surface area contributed by atoms with Crippen molar-refractivity contribution in [3.8, 4) is 0 Å². The summed E-state index contributed by atoms with van der Waals surface area (Å²) in [5, 5.41) is 2.94. The molecule has 102 valence electrons. The van der Waals surface area contributed by atoms with Gasteiger partial charge in [-0.15, -0.1) is 0 Å². The molecule has 1 aromatic carbocycles. The minimum atomic E-state index is -0.115. The number of nitrogens with two attached hydrogens (primary N) is 1. The van der Waals surface area contributed by atoms with Gasteiger partial charge >= 0.3 is 0 Å². The maximum atomic E-state index is 12.0. The number of nitrogen functional groups attached to an aromatic ring is 1. The highest BCUT2D eigenvalue weighted by Gasteiger charge is 2.21. The normalized spacial score (nSPS) is 22.7. The van der Waals surface area contributed by atoms with Gasteiger partial charge in [0.2, 0.25) is 0 Å². The van der Waals surface area contributed by atoms with Gasteiger partial charge in [-0.2, -0.15) is 0 Å². The number of carbonyl (C=O) groups is 2. The number of rotatable bonds is 4. The highest BCUT2D eigenvalue weighted by Crippen LogP contribution is 2.27. The number of carbonyl (C=O) groups excluding carboxylic acids is 2. The van der Waals surface area contributed by atoms with Crippen molar-refractivity contribution in [1.82, 2.24) is 5.32 Å². The van der Waals surface area contributed by atoms with E-state index in [4.69, 9.17) is 5.73 Å². The lowest BCUT2D eigenvalue weighted by molar-refractivity contribution is -0.112. The van der Waals surface area contributed by atoms with Crippen LogP contribution < -0.4 is 11.1 Å². The third-order valence-corrected chi connectivity index (χ3v) is 3.84. The summed E-state index contributed by atoms with van der Waals surface area (Å²) in [7, 11) is 0. The summed E-state index contributed by atoms with van der Waals surface area (Å²) in [6.07, 6.45) is 4.95. The summed E-state index contributed by atoms with van der Waals surface area (Å²) in [5.41, 5.74) is 6.80. The summed E-state index contributed by atoms with van der Waals surface area (Å²) < 4.78 is 0. The first-order chi connectivity index (χ1) is 9.20. The van der Waals surface area contributed by atoms with E-state index in [1.807, 2.05) is 6.07 Å². The van der Waals surface area contributed by atoms with Crippen LogP contribution in [-0.2, 0) is 4.79 Å². The van der Waals surface area contributed by atoms with Crippen molar-refractivity contribution in [2.24, 2.45) is 11.8 Å². The lowest BCUT2D eigenvalue weighted by Gasteiger charge is -2.25. The van der Waals surface area contributed by atoms with Gasteiger partial charge < -0.3 is 15.8 Å². The van der Waals surface area contributed by atoms with Crippen molar-refractivity contribution in [2.75, 3.05) is 12.3 Å². The predicted molar refractivity (Wildman–Crippen MR) is 74.7 cm³/mol. The zero-order valence-electron chi connectivity index (χ0n) is 11.0. The van der Waals surface area contributed by atoms with Crippen LogP contribution in [0.15, 0.2) is 24.3 Å². The Morgan fingerprint density at radius 1 is 1.26 bits per heavy atom. The minimum Gasteiger partial charge on any atom is -0.398 e. The Hall–Kier alpha value is -1.84. The molecule has 0 spiro atoms. The summed E-state index contributed by atoms with van der Waals surface area (Å²) in [5.74, 6) is 0.581. The van der Waals surface area contributed by atoms with E-state index >= 15 is 0 Å². The Morgan fingerprint density at radius 3 is 2.58 bits per heavy atom. The van der Waals surface area contributed by atoms with E-state index < -0.39 is 0 Å². The first-order valence-electron chi connectivity index (χ1n) is 6.78. The number of benzene rings is 1. The molecule has 0 aromatic heterocycles. The Bertz CT molecular complexity index is 451. The zero-order chi connectivity index (χ0) is 13.7. The molecule has 19 heavy (non-hydrogen) atoms. The first-order valence-corrected chi connectivity index (χ1v) is 6.78. The van der Waals surface area contributed by atoms with Crippen LogP contribution in [0, 0.1) is 11.8 Å². The summed E-state index contributed by atoms with van der Waals surface area (Å²) >= 11 is 0. The molecule has 1 aliphatic carbocycles. The van der Waals surface area contributed by atoms with Gasteiger partial charge in [0, 0.05) is 18.2 Å². The van der Waals surface area contributed by atoms with Crippen LogP contribution in [0.1, 0.15) is 36.0 Å². The molecule has 0 atom stereocenters. The molecule has 0 aliphatic heterocycles. The Balaban J connectivity index is 1.82. The zero-order valence-corrected chi connectivity index (χ0v) is 11.0. The predicted octanol–water partition coefficient (Wildman–Crippen LogP) is 2.00. The first kappa shape index (κ1) is 13.6.